The molecule has 6 nitrogen and oxygen atoms in total. The second-order valence-electron chi connectivity index (χ2n) is 8.82. The Labute approximate surface area is 211 Å². The highest BCUT2D eigenvalue weighted by Crippen LogP contribution is 2.34. The molecule has 3 aromatic rings. The summed E-state index contributed by atoms with van der Waals surface area (Å²) in [5.74, 6) is -1.15. The lowest BCUT2D eigenvalue weighted by Gasteiger charge is -2.21. The SMILES string of the molecule is CC(C)(C)OC(=O)CN1C(=O)SC(=Cc2cn(Cc3ccc(Cl)cc3Cl)c3ccccc23)C1=O. The van der Waals surface area contributed by atoms with Gasteiger partial charge in [0.25, 0.3) is 11.1 Å². The Morgan fingerprint density at radius 2 is 1.85 bits per heavy atom. The average molecular weight is 517 g/mol. The topological polar surface area (TPSA) is 68.6 Å². The zero-order valence-corrected chi connectivity index (χ0v) is 21.1. The van der Waals surface area contributed by atoms with Crippen molar-refractivity contribution in [2.75, 3.05) is 6.54 Å². The summed E-state index contributed by atoms with van der Waals surface area (Å²) in [5.41, 5.74) is 1.93. The Balaban J connectivity index is 1.63. The van der Waals surface area contributed by atoms with Crippen LogP contribution in [-0.2, 0) is 20.9 Å². The lowest BCUT2D eigenvalue weighted by atomic mass is 10.1. The van der Waals surface area contributed by atoms with Gasteiger partial charge in [-0.25, -0.2) is 0 Å². The first-order chi connectivity index (χ1) is 16.0. The number of thioether (sulfide) groups is 1. The molecular weight excluding hydrogens is 495 g/mol. The second kappa shape index (κ2) is 9.49. The molecule has 0 bridgehead atoms. The van der Waals surface area contributed by atoms with Gasteiger partial charge in [0.05, 0.1) is 4.91 Å². The van der Waals surface area contributed by atoms with Crippen molar-refractivity contribution in [2.45, 2.75) is 32.9 Å². The molecule has 176 valence electrons. The minimum Gasteiger partial charge on any atom is -0.459 e. The molecule has 0 N–H and O–H groups in total. The minimum atomic E-state index is -0.705. The van der Waals surface area contributed by atoms with Crippen molar-refractivity contribution in [1.82, 2.24) is 9.47 Å². The fourth-order valence-corrected chi connectivity index (χ4v) is 4.93. The molecule has 4 rings (SSSR count). The first-order valence-corrected chi connectivity index (χ1v) is 12.1. The van der Waals surface area contributed by atoms with Crippen molar-refractivity contribution in [3.8, 4) is 0 Å². The van der Waals surface area contributed by atoms with E-state index in [-0.39, 0.29) is 4.91 Å². The van der Waals surface area contributed by atoms with Gasteiger partial charge < -0.3 is 9.30 Å². The van der Waals surface area contributed by atoms with E-state index in [2.05, 4.69) is 0 Å². The Bertz CT molecular complexity index is 1340. The molecule has 1 aromatic heterocycles. The molecular formula is C25H22Cl2N2O4S. The number of rotatable bonds is 5. The first kappa shape index (κ1) is 24.4. The predicted molar refractivity (Wildman–Crippen MR) is 136 cm³/mol. The van der Waals surface area contributed by atoms with E-state index < -0.39 is 29.3 Å². The zero-order chi connectivity index (χ0) is 24.6. The molecule has 34 heavy (non-hydrogen) atoms. The number of hydrogen-bond acceptors (Lipinski definition) is 5. The first-order valence-electron chi connectivity index (χ1n) is 10.5. The lowest BCUT2D eigenvalue weighted by molar-refractivity contribution is -0.156. The number of benzene rings is 2. The summed E-state index contributed by atoms with van der Waals surface area (Å²) in [6.07, 6.45) is 3.60. The van der Waals surface area contributed by atoms with Crippen molar-refractivity contribution in [3.63, 3.8) is 0 Å². The molecule has 2 amide bonds. The van der Waals surface area contributed by atoms with Crippen LogP contribution in [0.1, 0.15) is 31.9 Å². The smallest absolute Gasteiger partial charge is 0.326 e. The molecule has 1 aliphatic rings. The van der Waals surface area contributed by atoms with E-state index >= 15 is 0 Å². The molecule has 1 aliphatic heterocycles. The summed E-state index contributed by atoms with van der Waals surface area (Å²) < 4.78 is 7.28. The van der Waals surface area contributed by atoms with Crippen LogP contribution in [-0.4, -0.2) is 38.7 Å². The second-order valence-corrected chi connectivity index (χ2v) is 10.7. The normalized spacial score (nSPS) is 15.6. The molecule has 1 fully saturated rings. The third-order valence-corrected chi connectivity index (χ3v) is 6.54. The summed E-state index contributed by atoms with van der Waals surface area (Å²) in [7, 11) is 0. The highest BCUT2D eigenvalue weighted by atomic mass is 35.5. The van der Waals surface area contributed by atoms with Crippen LogP contribution < -0.4 is 0 Å². The van der Waals surface area contributed by atoms with Crippen molar-refractivity contribution in [2.24, 2.45) is 0 Å². The van der Waals surface area contributed by atoms with Crippen LogP contribution in [0.15, 0.2) is 53.6 Å². The number of aromatic nitrogens is 1. The summed E-state index contributed by atoms with van der Waals surface area (Å²) in [5, 5.41) is 1.55. The van der Waals surface area contributed by atoms with Gasteiger partial charge in [0.15, 0.2) is 0 Å². The fraction of sp³-hybridized carbons (Fsp3) is 0.240. The van der Waals surface area contributed by atoms with E-state index in [1.165, 1.54) is 0 Å². The zero-order valence-electron chi connectivity index (χ0n) is 18.8. The van der Waals surface area contributed by atoms with Gasteiger partial charge in [0.1, 0.15) is 12.1 Å². The number of ether oxygens (including phenoxy) is 1. The van der Waals surface area contributed by atoms with Gasteiger partial charge in [0.2, 0.25) is 0 Å². The van der Waals surface area contributed by atoms with Crippen LogP contribution in [0.4, 0.5) is 4.79 Å². The number of fused-ring (bicyclic) bond motifs is 1. The van der Waals surface area contributed by atoms with Crippen LogP contribution in [0.25, 0.3) is 17.0 Å². The highest BCUT2D eigenvalue weighted by molar-refractivity contribution is 8.18. The summed E-state index contributed by atoms with van der Waals surface area (Å²) in [6, 6.07) is 13.1. The van der Waals surface area contributed by atoms with Gasteiger partial charge >= 0.3 is 5.97 Å². The molecule has 0 spiro atoms. The molecule has 9 heteroatoms. The Hall–Kier alpha value is -2.74. The van der Waals surface area contributed by atoms with Crippen LogP contribution in [0.2, 0.25) is 10.0 Å². The molecule has 2 aromatic carbocycles. The van der Waals surface area contributed by atoms with E-state index in [0.717, 1.165) is 38.7 Å². The molecule has 0 aliphatic carbocycles. The number of para-hydroxylation sites is 1. The molecule has 0 radical (unpaired) electrons. The van der Waals surface area contributed by atoms with Gasteiger partial charge in [-0.15, -0.1) is 0 Å². The quantitative estimate of drug-likeness (QED) is 0.291. The largest absolute Gasteiger partial charge is 0.459 e. The van der Waals surface area contributed by atoms with Gasteiger partial charge in [-0.05, 0) is 62.4 Å². The summed E-state index contributed by atoms with van der Waals surface area (Å²) in [4.78, 5) is 38.7. The van der Waals surface area contributed by atoms with Gasteiger partial charge in [-0.1, -0.05) is 47.5 Å². The number of esters is 1. The van der Waals surface area contributed by atoms with Crippen LogP contribution in [0.3, 0.4) is 0 Å². The van der Waals surface area contributed by atoms with Gasteiger partial charge in [-0.2, -0.15) is 0 Å². The van der Waals surface area contributed by atoms with Gasteiger partial charge in [-0.3, -0.25) is 19.3 Å². The molecule has 0 atom stereocenters. The van der Waals surface area contributed by atoms with Crippen molar-refractivity contribution < 1.29 is 19.1 Å². The Morgan fingerprint density at radius 1 is 1.12 bits per heavy atom. The third kappa shape index (κ3) is 5.32. The fourth-order valence-electron chi connectivity index (χ4n) is 3.63. The van der Waals surface area contributed by atoms with Crippen molar-refractivity contribution in [3.05, 3.63) is 74.7 Å². The summed E-state index contributed by atoms with van der Waals surface area (Å²) in [6.45, 7) is 5.27. The maximum Gasteiger partial charge on any atom is 0.326 e. The number of imide groups is 1. The van der Waals surface area contributed by atoms with Crippen molar-refractivity contribution in [1.29, 1.82) is 0 Å². The Morgan fingerprint density at radius 3 is 2.56 bits per heavy atom. The maximum atomic E-state index is 12.9. The van der Waals surface area contributed by atoms with Crippen molar-refractivity contribution >= 4 is 69.1 Å². The average Bonchev–Trinajstić information content (AvgIpc) is 3.21. The monoisotopic (exact) mass is 516 g/mol. The molecule has 2 heterocycles. The van der Waals surface area contributed by atoms with E-state index in [4.69, 9.17) is 27.9 Å². The molecule has 1 saturated heterocycles. The van der Waals surface area contributed by atoms with E-state index in [1.54, 1.807) is 39.0 Å². The molecule has 0 unspecified atom stereocenters. The van der Waals surface area contributed by atoms with Crippen LogP contribution >= 0.6 is 35.0 Å². The minimum absolute atomic E-state index is 0.251. The summed E-state index contributed by atoms with van der Waals surface area (Å²) >= 11 is 13.2. The number of carbonyl (C=O) groups excluding carboxylic acids is 3. The number of hydrogen-bond donors (Lipinski definition) is 0. The lowest BCUT2D eigenvalue weighted by Crippen LogP contribution is -2.37. The number of carbonyl (C=O) groups is 3. The van der Waals surface area contributed by atoms with E-state index in [9.17, 15) is 14.4 Å². The van der Waals surface area contributed by atoms with Crippen LogP contribution in [0, 0.1) is 0 Å². The molecule has 0 saturated carbocycles. The van der Waals surface area contributed by atoms with Crippen LogP contribution in [0.5, 0.6) is 0 Å². The van der Waals surface area contributed by atoms with Gasteiger partial charge in [0, 0.05) is 39.3 Å². The Kier molecular flexibility index (Phi) is 6.80. The number of halogens is 2. The maximum absolute atomic E-state index is 12.9. The third-order valence-electron chi connectivity index (χ3n) is 5.04. The standard InChI is InChI=1S/C25H22Cl2N2O4S/c1-25(2,3)33-22(30)14-29-23(31)21(34-24(29)32)10-16-13-28(20-7-5-4-6-18(16)20)12-15-8-9-17(26)11-19(15)27/h4-11,13H,12,14H2,1-3H3. The van der Waals surface area contributed by atoms with E-state index in [0.29, 0.717) is 16.6 Å². The highest BCUT2D eigenvalue weighted by Gasteiger charge is 2.37. The number of nitrogens with zero attached hydrogens (tertiary/aromatic N) is 2. The van der Waals surface area contributed by atoms with E-state index in [1.807, 2.05) is 41.1 Å². The predicted octanol–water partition coefficient (Wildman–Crippen LogP) is 6.37. The number of amides is 2.